The second kappa shape index (κ2) is 8.24. The summed E-state index contributed by atoms with van der Waals surface area (Å²) in [6, 6.07) is 6.25. The quantitative estimate of drug-likeness (QED) is 0.678. The smallest absolute Gasteiger partial charge is 0.265 e. The zero-order valence-electron chi connectivity index (χ0n) is 16.1. The van der Waals surface area contributed by atoms with Gasteiger partial charge in [0.15, 0.2) is 0 Å². The van der Waals surface area contributed by atoms with Crippen molar-refractivity contribution in [2.75, 3.05) is 46.3 Å². The van der Waals surface area contributed by atoms with Crippen molar-refractivity contribution in [2.24, 2.45) is 0 Å². The molecule has 3 rings (SSSR count). The first-order valence-corrected chi connectivity index (χ1v) is 10.8. The summed E-state index contributed by atoms with van der Waals surface area (Å²) >= 11 is 0. The first kappa shape index (κ1) is 20.2. The number of hydrazine groups is 1. The molecule has 0 bridgehead atoms. The molecule has 2 N–H and O–H groups in total. The predicted octanol–water partition coefficient (Wildman–Crippen LogP) is -1.04. The minimum atomic E-state index is -3.67. The Morgan fingerprint density at radius 2 is 1.81 bits per heavy atom. The van der Waals surface area contributed by atoms with Crippen molar-refractivity contribution in [3.63, 3.8) is 0 Å². The van der Waals surface area contributed by atoms with Crippen LogP contribution in [0.3, 0.4) is 0 Å². The number of ether oxygens (including phenoxy) is 1. The van der Waals surface area contributed by atoms with Crippen LogP contribution < -0.4 is 10.3 Å². The van der Waals surface area contributed by atoms with Gasteiger partial charge in [-0.25, -0.2) is 13.4 Å². The summed E-state index contributed by atoms with van der Waals surface area (Å²) in [6.07, 6.45) is -0.316. The lowest BCUT2D eigenvalue weighted by Gasteiger charge is -2.34. The van der Waals surface area contributed by atoms with Crippen molar-refractivity contribution in [1.29, 1.82) is 0 Å². The van der Waals surface area contributed by atoms with Crippen LogP contribution in [0.1, 0.15) is 24.2 Å². The summed E-state index contributed by atoms with van der Waals surface area (Å²) in [7, 11) is -1.54. The van der Waals surface area contributed by atoms with Crippen molar-refractivity contribution in [1.82, 2.24) is 14.7 Å². The molecule has 0 unspecified atom stereocenters. The number of quaternary nitrogens is 1. The summed E-state index contributed by atoms with van der Waals surface area (Å²) in [5.74, 6) is -0.282. The Hall–Kier alpha value is -1.52. The molecule has 27 heavy (non-hydrogen) atoms. The molecule has 2 fully saturated rings. The van der Waals surface area contributed by atoms with Crippen molar-refractivity contribution >= 4 is 15.9 Å². The number of carbonyl (C=O) groups excluding carboxylic acids is 1. The minimum Gasteiger partial charge on any atom is -0.373 e. The van der Waals surface area contributed by atoms with Gasteiger partial charge in [0.05, 0.1) is 50.3 Å². The highest BCUT2D eigenvalue weighted by molar-refractivity contribution is 7.89. The molecule has 2 saturated heterocycles. The van der Waals surface area contributed by atoms with E-state index in [1.54, 1.807) is 12.1 Å². The van der Waals surface area contributed by atoms with Gasteiger partial charge in [0.2, 0.25) is 10.0 Å². The number of nitrogens with zero attached hydrogens (tertiary/aromatic N) is 2. The average Bonchev–Trinajstić information content (AvgIpc) is 2.63. The van der Waals surface area contributed by atoms with Crippen LogP contribution in [-0.2, 0) is 14.8 Å². The fraction of sp³-hybridized carbons (Fsp3) is 0.611. The zero-order chi connectivity index (χ0) is 19.6. The van der Waals surface area contributed by atoms with Crippen molar-refractivity contribution < 1.29 is 22.8 Å². The molecular weight excluding hydrogens is 368 g/mol. The second-order valence-corrected chi connectivity index (χ2v) is 9.43. The van der Waals surface area contributed by atoms with E-state index in [2.05, 4.69) is 12.5 Å². The molecule has 0 aliphatic carbocycles. The van der Waals surface area contributed by atoms with Crippen LogP contribution in [0.15, 0.2) is 29.2 Å². The summed E-state index contributed by atoms with van der Waals surface area (Å²) < 4.78 is 33.1. The van der Waals surface area contributed by atoms with E-state index in [9.17, 15) is 13.2 Å². The van der Waals surface area contributed by atoms with Crippen molar-refractivity contribution in [3.8, 4) is 0 Å². The molecule has 1 aromatic carbocycles. The molecule has 2 aliphatic heterocycles. The van der Waals surface area contributed by atoms with Gasteiger partial charge in [-0.05, 0) is 32.0 Å². The van der Waals surface area contributed by atoms with Gasteiger partial charge in [-0.2, -0.15) is 4.31 Å². The fourth-order valence-corrected chi connectivity index (χ4v) is 5.12. The third kappa shape index (κ3) is 4.85. The Bertz CT molecular complexity index is 767. The van der Waals surface area contributed by atoms with Gasteiger partial charge < -0.3 is 9.64 Å². The molecule has 150 valence electrons. The lowest BCUT2D eigenvalue weighted by Crippen LogP contribution is -3.12. The highest BCUT2D eigenvalue weighted by Gasteiger charge is 2.32. The molecule has 8 nitrogen and oxygen atoms in total. The first-order valence-electron chi connectivity index (χ1n) is 9.38. The maximum atomic E-state index is 13.0. The van der Waals surface area contributed by atoms with E-state index in [-0.39, 0.29) is 23.0 Å². The van der Waals surface area contributed by atoms with Crippen molar-refractivity contribution in [2.45, 2.75) is 31.0 Å². The van der Waals surface area contributed by atoms with E-state index in [0.717, 1.165) is 26.2 Å². The second-order valence-electron chi connectivity index (χ2n) is 7.49. The SMILES string of the molecule is C[C@@H]1CN(S(=O)(=O)c2cccc(C(=O)NN3CC[NH+](C)CC3)c2)C[C@@H](C)O1. The lowest BCUT2D eigenvalue weighted by atomic mass is 10.2. The number of piperazine rings is 1. The van der Waals surface area contributed by atoms with Gasteiger partial charge in [0.25, 0.3) is 5.91 Å². The molecule has 2 aliphatic rings. The number of benzene rings is 1. The standard InChI is InChI=1S/C18H28N4O4S/c1-14-12-22(13-15(2)26-14)27(24,25)17-6-4-5-16(11-17)18(23)19-21-9-7-20(3)8-10-21/h4-6,11,14-15H,7-10,12-13H2,1-3H3,(H,19,23)/p+1/t14-,15-/m1/s1. The largest absolute Gasteiger partial charge is 0.373 e. The van der Waals surface area contributed by atoms with Crippen LogP contribution in [0.4, 0.5) is 0 Å². The molecule has 2 atom stereocenters. The number of hydrogen-bond donors (Lipinski definition) is 2. The first-order chi connectivity index (χ1) is 12.8. The molecule has 0 radical (unpaired) electrons. The third-order valence-electron chi connectivity index (χ3n) is 5.00. The van der Waals surface area contributed by atoms with E-state index < -0.39 is 10.0 Å². The van der Waals surface area contributed by atoms with E-state index in [0.29, 0.717) is 18.7 Å². The average molecular weight is 398 g/mol. The van der Waals surface area contributed by atoms with E-state index >= 15 is 0 Å². The van der Waals surface area contributed by atoms with Crippen LogP contribution in [0.2, 0.25) is 0 Å². The number of sulfonamides is 1. The fourth-order valence-electron chi connectivity index (χ4n) is 3.48. The van der Waals surface area contributed by atoms with Crippen LogP contribution in [0.25, 0.3) is 0 Å². The Morgan fingerprint density at radius 1 is 1.19 bits per heavy atom. The molecule has 0 saturated carbocycles. The van der Waals surface area contributed by atoms with E-state index in [1.807, 2.05) is 18.9 Å². The molecule has 0 spiro atoms. The maximum absolute atomic E-state index is 13.0. The minimum absolute atomic E-state index is 0.138. The normalized spacial score (nSPS) is 26.0. The summed E-state index contributed by atoms with van der Waals surface area (Å²) in [5, 5.41) is 1.89. The number of likely N-dealkylation sites (N-methyl/N-ethyl adjacent to an activating group) is 1. The maximum Gasteiger partial charge on any atom is 0.265 e. The van der Waals surface area contributed by atoms with E-state index in [1.165, 1.54) is 21.3 Å². The predicted molar refractivity (Wildman–Crippen MR) is 101 cm³/mol. The Morgan fingerprint density at radius 3 is 2.44 bits per heavy atom. The Kier molecular flexibility index (Phi) is 6.17. The van der Waals surface area contributed by atoms with Gasteiger partial charge in [-0.15, -0.1) is 0 Å². The number of morpholine rings is 1. The lowest BCUT2D eigenvalue weighted by molar-refractivity contribution is -0.884. The molecule has 9 heteroatoms. The van der Waals surface area contributed by atoms with Crippen LogP contribution >= 0.6 is 0 Å². The van der Waals surface area contributed by atoms with Crippen molar-refractivity contribution in [3.05, 3.63) is 29.8 Å². The monoisotopic (exact) mass is 397 g/mol. The highest BCUT2D eigenvalue weighted by atomic mass is 32.2. The number of rotatable bonds is 4. The number of amides is 1. The summed E-state index contributed by atoms with van der Waals surface area (Å²) in [5.41, 5.74) is 3.22. The van der Waals surface area contributed by atoms with Gasteiger partial charge in [0, 0.05) is 18.7 Å². The Balaban J connectivity index is 1.73. The molecule has 1 amide bonds. The number of carbonyl (C=O) groups is 1. The van der Waals surface area contributed by atoms with Gasteiger partial charge in [-0.3, -0.25) is 10.2 Å². The number of hydrogen-bond acceptors (Lipinski definition) is 5. The highest BCUT2D eigenvalue weighted by Crippen LogP contribution is 2.22. The molecular formula is C18H29N4O4S+. The number of nitrogens with one attached hydrogen (secondary N) is 2. The summed E-state index contributed by atoms with van der Waals surface area (Å²) in [6.45, 7) is 7.82. The van der Waals surface area contributed by atoms with Gasteiger partial charge in [-0.1, -0.05) is 6.07 Å². The Labute approximate surface area is 161 Å². The van der Waals surface area contributed by atoms with Gasteiger partial charge >= 0.3 is 0 Å². The molecule has 0 aromatic heterocycles. The zero-order valence-corrected chi connectivity index (χ0v) is 17.0. The topological polar surface area (TPSA) is 83.4 Å². The third-order valence-corrected chi connectivity index (χ3v) is 6.82. The molecule has 1 aromatic rings. The van der Waals surface area contributed by atoms with Crippen LogP contribution in [-0.4, -0.2) is 82.2 Å². The van der Waals surface area contributed by atoms with E-state index in [4.69, 9.17) is 4.74 Å². The molecule has 2 heterocycles. The van der Waals surface area contributed by atoms with Crippen LogP contribution in [0.5, 0.6) is 0 Å². The van der Waals surface area contributed by atoms with Crippen LogP contribution in [0, 0.1) is 0 Å². The van der Waals surface area contributed by atoms with Gasteiger partial charge in [0.1, 0.15) is 0 Å². The summed E-state index contributed by atoms with van der Waals surface area (Å²) in [4.78, 5) is 14.1.